The van der Waals surface area contributed by atoms with Crippen LogP contribution in [0.25, 0.3) is 0 Å². The van der Waals surface area contributed by atoms with Gasteiger partial charge in [-0.3, -0.25) is 4.90 Å². The quantitative estimate of drug-likeness (QED) is 0.523. The van der Waals surface area contributed by atoms with E-state index in [9.17, 15) is 0 Å². The molecule has 0 spiro atoms. The fourth-order valence-electron chi connectivity index (χ4n) is 1.91. The van der Waals surface area contributed by atoms with Crippen LogP contribution in [-0.2, 0) is 0 Å². The van der Waals surface area contributed by atoms with E-state index < -0.39 is 0 Å². The summed E-state index contributed by atoms with van der Waals surface area (Å²) in [4.78, 5) is 4.83. The molecular formula is C11H21ClN2. The maximum Gasteiger partial charge on any atom is 0.0404 e. The molecule has 0 bridgehead atoms. The lowest BCUT2D eigenvalue weighted by Crippen LogP contribution is -2.45. The van der Waals surface area contributed by atoms with Crippen LogP contribution in [0, 0.1) is 0 Å². The van der Waals surface area contributed by atoms with Gasteiger partial charge in [-0.25, -0.2) is 0 Å². The van der Waals surface area contributed by atoms with Gasteiger partial charge in [0.1, 0.15) is 0 Å². The number of hydrogen-bond donors (Lipinski definition) is 0. The van der Waals surface area contributed by atoms with E-state index >= 15 is 0 Å². The van der Waals surface area contributed by atoms with Crippen molar-refractivity contribution in [1.82, 2.24) is 9.80 Å². The zero-order valence-corrected chi connectivity index (χ0v) is 10.0. The van der Waals surface area contributed by atoms with Gasteiger partial charge in [-0.2, -0.15) is 0 Å². The first-order valence-electron chi connectivity index (χ1n) is 5.33. The molecule has 0 aromatic heterocycles. The minimum Gasteiger partial charge on any atom is -0.305 e. The van der Waals surface area contributed by atoms with E-state index in [1.54, 1.807) is 0 Å². The Balaban J connectivity index is 2.29. The summed E-state index contributed by atoms with van der Waals surface area (Å²) in [6.07, 6.45) is 6.85. The Hall–Kier alpha value is -0.0500. The highest BCUT2D eigenvalue weighted by Crippen LogP contribution is 2.13. The molecule has 1 fully saturated rings. The Morgan fingerprint density at radius 1 is 1.43 bits per heavy atom. The number of nitrogens with zero attached hydrogens (tertiary/aromatic N) is 2. The van der Waals surface area contributed by atoms with Gasteiger partial charge >= 0.3 is 0 Å². The van der Waals surface area contributed by atoms with Crippen LogP contribution in [0.2, 0.25) is 0 Å². The maximum absolute atomic E-state index is 5.58. The zero-order valence-electron chi connectivity index (χ0n) is 9.25. The summed E-state index contributed by atoms with van der Waals surface area (Å²) in [6, 6.07) is 0.730. The number of likely N-dealkylation sites (tertiary alicyclic amines) is 1. The average molecular weight is 217 g/mol. The first kappa shape index (κ1) is 12.0. The third-order valence-electron chi connectivity index (χ3n) is 2.83. The molecule has 82 valence electrons. The molecule has 1 aliphatic heterocycles. The van der Waals surface area contributed by atoms with Crippen molar-refractivity contribution in [3.05, 3.63) is 12.2 Å². The Kier molecular flexibility index (Phi) is 5.53. The van der Waals surface area contributed by atoms with Crippen molar-refractivity contribution in [1.29, 1.82) is 0 Å². The Morgan fingerprint density at radius 3 is 2.86 bits per heavy atom. The van der Waals surface area contributed by atoms with Gasteiger partial charge in [0.15, 0.2) is 0 Å². The van der Waals surface area contributed by atoms with Gasteiger partial charge in [0.2, 0.25) is 0 Å². The van der Waals surface area contributed by atoms with Crippen molar-refractivity contribution >= 4 is 11.6 Å². The second kappa shape index (κ2) is 6.44. The fraction of sp³-hybridized carbons (Fsp3) is 0.818. The first-order chi connectivity index (χ1) is 6.74. The van der Waals surface area contributed by atoms with Crippen LogP contribution in [0.5, 0.6) is 0 Å². The highest BCUT2D eigenvalue weighted by Gasteiger charge is 2.19. The SMILES string of the molecule is CN(C)C1CCCN(CC=CCCl)C1. The average Bonchev–Trinajstić information content (AvgIpc) is 2.19. The van der Waals surface area contributed by atoms with Gasteiger partial charge in [-0.05, 0) is 33.5 Å². The van der Waals surface area contributed by atoms with Crippen molar-refractivity contribution in [3.63, 3.8) is 0 Å². The molecule has 0 radical (unpaired) electrons. The summed E-state index contributed by atoms with van der Waals surface area (Å²) in [7, 11) is 4.34. The van der Waals surface area contributed by atoms with Crippen LogP contribution >= 0.6 is 11.6 Å². The molecule has 0 aromatic carbocycles. The van der Waals surface area contributed by atoms with Gasteiger partial charge in [0.05, 0.1) is 0 Å². The van der Waals surface area contributed by atoms with E-state index in [0.29, 0.717) is 5.88 Å². The molecule has 0 saturated carbocycles. The second-order valence-electron chi connectivity index (χ2n) is 4.14. The lowest BCUT2D eigenvalue weighted by atomic mass is 10.1. The number of hydrogen-bond acceptors (Lipinski definition) is 2. The molecule has 1 atom stereocenters. The standard InChI is InChI=1S/C11H21ClN2/c1-13(2)11-6-5-9-14(10-11)8-4-3-7-12/h3-4,11H,5-10H2,1-2H3. The lowest BCUT2D eigenvalue weighted by Gasteiger charge is -2.35. The molecule has 1 unspecified atom stereocenters. The number of allylic oxidation sites excluding steroid dienone is 1. The van der Waals surface area contributed by atoms with Crippen molar-refractivity contribution in [2.45, 2.75) is 18.9 Å². The number of piperidine rings is 1. The molecule has 3 heteroatoms. The van der Waals surface area contributed by atoms with Gasteiger partial charge in [-0.1, -0.05) is 12.2 Å². The largest absolute Gasteiger partial charge is 0.305 e. The lowest BCUT2D eigenvalue weighted by molar-refractivity contribution is 0.143. The van der Waals surface area contributed by atoms with Gasteiger partial charge < -0.3 is 4.90 Å². The predicted molar refractivity (Wildman–Crippen MR) is 63.0 cm³/mol. The maximum atomic E-state index is 5.58. The van der Waals surface area contributed by atoms with Crippen LogP contribution in [0.4, 0.5) is 0 Å². The van der Waals surface area contributed by atoms with Gasteiger partial charge in [0.25, 0.3) is 0 Å². The summed E-state index contributed by atoms with van der Waals surface area (Å²) in [5.74, 6) is 0.630. The minimum absolute atomic E-state index is 0.630. The summed E-state index contributed by atoms with van der Waals surface area (Å²) >= 11 is 5.58. The molecule has 1 saturated heterocycles. The molecule has 0 aromatic rings. The van der Waals surface area contributed by atoms with E-state index in [0.717, 1.165) is 12.6 Å². The van der Waals surface area contributed by atoms with E-state index in [1.165, 1.54) is 25.9 Å². The second-order valence-corrected chi connectivity index (χ2v) is 4.45. The number of likely N-dealkylation sites (N-methyl/N-ethyl adjacent to an activating group) is 1. The van der Waals surface area contributed by atoms with E-state index in [-0.39, 0.29) is 0 Å². The van der Waals surface area contributed by atoms with Crippen LogP contribution < -0.4 is 0 Å². The molecule has 0 aliphatic carbocycles. The molecule has 2 nitrogen and oxygen atoms in total. The monoisotopic (exact) mass is 216 g/mol. The van der Waals surface area contributed by atoms with Gasteiger partial charge in [0, 0.05) is 25.0 Å². The Morgan fingerprint density at radius 2 is 2.21 bits per heavy atom. The summed E-state index contributed by atoms with van der Waals surface area (Å²) in [5.41, 5.74) is 0. The Bertz CT molecular complexity index is 180. The predicted octanol–water partition coefficient (Wildman–Crippen LogP) is 1.81. The van der Waals surface area contributed by atoms with E-state index in [2.05, 4.69) is 30.0 Å². The smallest absolute Gasteiger partial charge is 0.0404 e. The third kappa shape index (κ3) is 3.99. The molecule has 14 heavy (non-hydrogen) atoms. The molecular weight excluding hydrogens is 196 g/mol. The first-order valence-corrected chi connectivity index (χ1v) is 5.87. The van der Waals surface area contributed by atoms with Crippen molar-refractivity contribution in [2.75, 3.05) is 39.6 Å². The fourth-order valence-corrected chi connectivity index (χ4v) is 2.03. The summed E-state index contributed by atoms with van der Waals surface area (Å²) < 4.78 is 0. The van der Waals surface area contributed by atoms with Crippen LogP contribution in [0.1, 0.15) is 12.8 Å². The van der Waals surface area contributed by atoms with E-state index in [1.807, 2.05) is 6.08 Å². The molecule has 1 heterocycles. The van der Waals surface area contributed by atoms with Crippen LogP contribution in [-0.4, -0.2) is 55.5 Å². The van der Waals surface area contributed by atoms with Crippen molar-refractivity contribution in [3.8, 4) is 0 Å². The molecule has 0 amide bonds. The van der Waals surface area contributed by atoms with Crippen molar-refractivity contribution in [2.24, 2.45) is 0 Å². The summed E-state index contributed by atoms with van der Waals surface area (Å²) in [6.45, 7) is 3.48. The normalized spacial score (nSPS) is 25.0. The third-order valence-corrected chi connectivity index (χ3v) is 3.01. The highest BCUT2D eigenvalue weighted by molar-refractivity contribution is 6.18. The molecule has 1 aliphatic rings. The zero-order chi connectivity index (χ0) is 10.4. The summed E-state index contributed by atoms with van der Waals surface area (Å²) in [5, 5.41) is 0. The molecule has 0 N–H and O–H groups in total. The van der Waals surface area contributed by atoms with E-state index in [4.69, 9.17) is 11.6 Å². The van der Waals surface area contributed by atoms with Gasteiger partial charge in [-0.15, -0.1) is 11.6 Å². The van der Waals surface area contributed by atoms with Crippen LogP contribution in [0.3, 0.4) is 0 Å². The minimum atomic E-state index is 0.630. The van der Waals surface area contributed by atoms with Crippen molar-refractivity contribution < 1.29 is 0 Å². The highest BCUT2D eigenvalue weighted by atomic mass is 35.5. The number of alkyl halides is 1. The number of halogens is 1. The Labute approximate surface area is 92.5 Å². The number of rotatable bonds is 4. The molecule has 1 rings (SSSR count). The topological polar surface area (TPSA) is 6.48 Å². The van der Waals surface area contributed by atoms with Crippen LogP contribution in [0.15, 0.2) is 12.2 Å².